The molecule has 1 N–H and O–H groups in total. The van der Waals surface area contributed by atoms with E-state index in [0.29, 0.717) is 17.1 Å². The number of hydrogen-bond acceptors (Lipinski definition) is 3. The lowest BCUT2D eigenvalue weighted by molar-refractivity contribution is -0.115. The third kappa shape index (κ3) is 5.65. The van der Waals surface area contributed by atoms with Crippen molar-refractivity contribution in [1.29, 1.82) is 0 Å². The molecule has 0 radical (unpaired) electrons. The number of benzene rings is 3. The van der Waals surface area contributed by atoms with Crippen LogP contribution < -0.4 is 5.32 Å². The summed E-state index contributed by atoms with van der Waals surface area (Å²) >= 11 is 10.1. The minimum Gasteiger partial charge on any atom is -0.326 e. The Labute approximate surface area is 196 Å². The van der Waals surface area contributed by atoms with Crippen LogP contribution in [-0.2, 0) is 16.0 Å². The van der Waals surface area contributed by atoms with Crippen LogP contribution >= 0.6 is 35.1 Å². The number of carbonyl (C=O) groups excluding carboxylic acids is 1. The Morgan fingerprint density at radius 3 is 2.32 bits per heavy atom. The molecular formula is C25H23ClFNOS2. The molecule has 1 fully saturated rings. The maximum absolute atomic E-state index is 13.2. The van der Waals surface area contributed by atoms with Crippen LogP contribution in [-0.4, -0.2) is 11.7 Å². The topological polar surface area (TPSA) is 29.1 Å². The van der Waals surface area contributed by atoms with Crippen molar-refractivity contribution in [3.8, 4) is 0 Å². The largest absolute Gasteiger partial charge is 0.326 e. The third-order valence-corrected chi connectivity index (χ3v) is 7.91. The summed E-state index contributed by atoms with van der Waals surface area (Å²) in [5, 5.41) is 3.59. The van der Waals surface area contributed by atoms with Crippen molar-refractivity contribution in [2.45, 2.75) is 40.7 Å². The molecule has 0 saturated heterocycles. The molecule has 0 heterocycles. The second-order valence-corrected chi connectivity index (χ2v) is 10.7. The van der Waals surface area contributed by atoms with Crippen molar-refractivity contribution >= 4 is 46.7 Å². The van der Waals surface area contributed by atoms with Gasteiger partial charge in [0.2, 0.25) is 5.91 Å². The highest BCUT2D eigenvalue weighted by Gasteiger charge is 2.46. The van der Waals surface area contributed by atoms with Gasteiger partial charge < -0.3 is 5.32 Å². The predicted octanol–water partition coefficient (Wildman–Crippen LogP) is 7.55. The summed E-state index contributed by atoms with van der Waals surface area (Å²) in [6.45, 7) is 2.12. The smallest absolute Gasteiger partial charge is 0.228 e. The number of nitrogens with one attached hydrogen (secondary N) is 1. The number of carbonyl (C=O) groups is 1. The SMILES string of the molecule is CCSc1ccc(CC(=O)Nc2ccc(C3(Sc4ccc(F)cc4)CC3)c(Cl)c2)cc1. The molecule has 160 valence electrons. The molecule has 0 atom stereocenters. The van der Waals surface area contributed by atoms with Crippen LogP contribution in [0.3, 0.4) is 0 Å². The summed E-state index contributed by atoms with van der Waals surface area (Å²) in [5.74, 6) is 0.727. The molecule has 0 unspecified atom stereocenters. The summed E-state index contributed by atoms with van der Waals surface area (Å²) in [4.78, 5) is 14.7. The van der Waals surface area contributed by atoms with Crippen LogP contribution in [0.15, 0.2) is 76.5 Å². The van der Waals surface area contributed by atoms with Crippen LogP contribution in [0.5, 0.6) is 0 Å². The van der Waals surface area contributed by atoms with Crippen LogP contribution in [0.1, 0.15) is 30.9 Å². The van der Waals surface area contributed by atoms with E-state index in [1.807, 2.05) is 30.3 Å². The molecule has 31 heavy (non-hydrogen) atoms. The van der Waals surface area contributed by atoms with Gasteiger partial charge in [-0.05, 0) is 78.3 Å². The fourth-order valence-corrected chi connectivity index (χ4v) is 5.89. The second-order valence-electron chi connectivity index (χ2n) is 7.55. The van der Waals surface area contributed by atoms with Crippen molar-refractivity contribution in [3.05, 3.63) is 88.7 Å². The minimum atomic E-state index is -0.233. The molecular weight excluding hydrogens is 449 g/mol. The van der Waals surface area contributed by atoms with Gasteiger partial charge in [-0.2, -0.15) is 0 Å². The summed E-state index contributed by atoms with van der Waals surface area (Å²) in [5.41, 5.74) is 2.73. The molecule has 1 amide bonds. The first kappa shape index (κ1) is 22.3. The van der Waals surface area contributed by atoms with Gasteiger partial charge in [-0.1, -0.05) is 36.7 Å². The van der Waals surface area contributed by atoms with Gasteiger partial charge in [0, 0.05) is 25.2 Å². The number of amides is 1. The van der Waals surface area contributed by atoms with Crippen molar-refractivity contribution < 1.29 is 9.18 Å². The Kier molecular flexibility index (Phi) is 6.95. The van der Waals surface area contributed by atoms with Gasteiger partial charge in [0.25, 0.3) is 0 Å². The fourth-order valence-electron chi connectivity index (χ4n) is 3.49. The zero-order valence-electron chi connectivity index (χ0n) is 17.2. The molecule has 1 aliphatic carbocycles. The number of thioether (sulfide) groups is 2. The third-order valence-electron chi connectivity index (χ3n) is 5.17. The zero-order valence-corrected chi connectivity index (χ0v) is 19.5. The molecule has 1 aliphatic rings. The second kappa shape index (κ2) is 9.68. The lowest BCUT2D eigenvalue weighted by Crippen LogP contribution is -2.14. The number of anilines is 1. The number of rotatable bonds is 8. The van der Waals surface area contributed by atoms with Crippen LogP contribution in [0, 0.1) is 5.82 Å². The van der Waals surface area contributed by atoms with E-state index < -0.39 is 0 Å². The molecule has 0 bridgehead atoms. The number of halogens is 2. The zero-order chi connectivity index (χ0) is 21.8. The highest BCUT2D eigenvalue weighted by atomic mass is 35.5. The van der Waals surface area contributed by atoms with E-state index in [2.05, 4.69) is 24.4 Å². The summed E-state index contributed by atoms with van der Waals surface area (Å²) < 4.78 is 13.1. The van der Waals surface area contributed by atoms with E-state index >= 15 is 0 Å². The van der Waals surface area contributed by atoms with Crippen molar-refractivity contribution in [2.24, 2.45) is 0 Å². The molecule has 1 saturated carbocycles. The van der Waals surface area contributed by atoms with E-state index in [4.69, 9.17) is 11.6 Å². The Morgan fingerprint density at radius 1 is 1.03 bits per heavy atom. The molecule has 3 aromatic rings. The van der Waals surface area contributed by atoms with Gasteiger partial charge in [-0.25, -0.2) is 4.39 Å². The Balaban J connectivity index is 1.40. The molecule has 4 rings (SSSR count). The highest BCUT2D eigenvalue weighted by Crippen LogP contribution is 2.61. The molecule has 3 aromatic carbocycles. The van der Waals surface area contributed by atoms with Gasteiger partial charge >= 0.3 is 0 Å². The average molecular weight is 472 g/mol. The first-order chi connectivity index (χ1) is 15.0. The molecule has 6 heteroatoms. The quantitative estimate of drug-likeness (QED) is 0.344. The maximum Gasteiger partial charge on any atom is 0.228 e. The summed E-state index contributed by atoms with van der Waals surface area (Å²) in [7, 11) is 0. The standard InChI is InChI=1S/C25H23ClFNOS2/c1-2-30-20-8-3-17(4-9-20)15-24(29)28-19-7-12-22(23(26)16-19)25(13-14-25)31-21-10-5-18(27)6-11-21/h3-12,16H,2,13-15H2,1H3,(H,28,29). The lowest BCUT2D eigenvalue weighted by atomic mass is 10.1. The first-order valence-corrected chi connectivity index (χ1v) is 12.4. The Hall–Kier alpha value is -1.95. The van der Waals surface area contributed by atoms with E-state index in [0.717, 1.165) is 34.6 Å². The van der Waals surface area contributed by atoms with E-state index in [-0.39, 0.29) is 16.5 Å². The molecule has 0 aliphatic heterocycles. The van der Waals surface area contributed by atoms with E-state index in [1.165, 1.54) is 17.0 Å². The monoisotopic (exact) mass is 471 g/mol. The number of hydrogen-bond donors (Lipinski definition) is 1. The first-order valence-electron chi connectivity index (χ1n) is 10.2. The van der Waals surface area contributed by atoms with Crippen molar-refractivity contribution in [2.75, 3.05) is 11.1 Å². The predicted molar refractivity (Wildman–Crippen MR) is 130 cm³/mol. The Morgan fingerprint density at radius 2 is 1.71 bits per heavy atom. The summed E-state index contributed by atoms with van der Waals surface area (Å²) in [6.07, 6.45) is 2.36. The van der Waals surface area contributed by atoms with Gasteiger partial charge in [0.15, 0.2) is 0 Å². The molecule has 0 spiro atoms. The van der Waals surface area contributed by atoms with Crippen molar-refractivity contribution in [1.82, 2.24) is 0 Å². The molecule has 2 nitrogen and oxygen atoms in total. The van der Waals surface area contributed by atoms with Gasteiger partial charge in [0.1, 0.15) is 5.82 Å². The van der Waals surface area contributed by atoms with Gasteiger partial charge in [0.05, 0.1) is 6.42 Å². The maximum atomic E-state index is 13.2. The van der Waals surface area contributed by atoms with Gasteiger partial charge in [-0.15, -0.1) is 23.5 Å². The van der Waals surface area contributed by atoms with Gasteiger partial charge in [-0.3, -0.25) is 4.79 Å². The lowest BCUT2D eigenvalue weighted by Gasteiger charge is -2.18. The van der Waals surface area contributed by atoms with Crippen LogP contribution in [0.2, 0.25) is 5.02 Å². The van der Waals surface area contributed by atoms with E-state index in [9.17, 15) is 9.18 Å². The fraction of sp³-hybridized carbons (Fsp3) is 0.240. The minimum absolute atomic E-state index is 0.0680. The summed E-state index contributed by atoms with van der Waals surface area (Å²) in [6, 6.07) is 20.4. The van der Waals surface area contributed by atoms with Crippen LogP contribution in [0.4, 0.5) is 10.1 Å². The van der Waals surface area contributed by atoms with Crippen LogP contribution in [0.25, 0.3) is 0 Å². The normalized spacial score (nSPS) is 14.3. The highest BCUT2D eigenvalue weighted by molar-refractivity contribution is 8.00. The van der Waals surface area contributed by atoms with E-state index in [1.54, 1.807) is 35.7 Å². The molecule has 0 aromatic heterocycles. The average Bonchev–Trinajstić information content (AvgIpc) is 3.52. The Bertz CT molecular complexity index is 1070. The van der Waals surface area contributed by atoms with Crippen molar-refractivity contribution in [3.63, 3.8) is 0 Å².